The second-order valence-electron chi connectivity index (χ2n) is 5.64. The van der Waals surface area contributed by atoms with Crippen molar-refractivity contribution in [2.75, 3.05) is 43.5 Å². The van der Waals surface area contributed by atoms with Crippen LogP contribution in [0.3, 0.4) is 0 Å². The number of anilines is 1. The van der Waals surface area contributed by atoms with Crippen molar-refractivity contribution in [2.45, 2.75) is 37.8 Å². The van der Waals surface area contributed by atoms with Crippen LogP contribution in [0.1, 0.15) is 32.6 Å². The zero-order valence-electron chi connectivity index (χ0n) is 14.1. The molecule has 1 aromatic rings. The predicted octanol–water partition coefficient (Wildman–Crippen LogP) is 1.44. The molecule has 0 atom stereocenters. The molecule has 0 aliphatic carbocycles. The molecule has 0 unspecified atom stereocenters. The topological polar surface area (TPSA) is 72.3 Å². The molecule has 1 saturated heterocycles. The third kappa shape index (κ3) is 5.69. The molecule has 1 aromatic heterocycles. The van der Waals surface area contributed by atoms with Gasteiger partial charge in [-0.3, -0.25) is 9.36 Å². The number of rotatable bonds is 9. The molecule has 1 N–H and O–H groups in total. The van der Waals surface area contributed by atoms with Crippen molar-refractivity contribution in [2.24, 2.45) is 7.05 Å². The molecule has 130 valence electrons. The van der Waals surface area contributed by atoms with Gasteiger partial charge in [0.25, 0.3) is 0 Å². The Morgan fingerprint density at radius 3 is 2.78 bits per heavy atom. The van der Waals surface area contributed by atoms with E-state index in [0.29, 0.717) is 5.75 Å². The molecule has 2 heterocycles. The molecule has 0 aromatic carbocycles. The Bertz CT molecular complexity index is 488. The van der Waals surface area contributed by atoms with Gasteiger partial charge in [-0.2, -0.15) is 0 Å². The lowest BCUT2D eigenvalue weighted by molar-refractivity contribution is -0.118. The van der Waals surface area contributed by atoms with Crippen molar-refractivity contribution < 1.29 is 9.53 Å². The summed E-state index contributed by atoms with van der Waals surface area (Å²) in [7, 11) is 1.94. The van der Waals surface area contributed by atoms with Crippen molar-refractivity contribution in [1.82, 2.24) is 20.1 Å². The van der Waals surface area contributed by atoms with E-state index in [1.807, 2.05) is 11.6 Å². The first kappa shape index (κ1) is 18.1. The van der Waals surface area contributed by atoms with Gasteiger partial charge in [0, 0.05) is 26.7 Å². The summed E-state index contributed by atoms with van der Waals surface area (Å²) in [5, 5.41) is 12.2. The third-order valence-corrected chi connectivity index (χ3v) is 4.81. The van der Waals surface area contributed by atoms with E-state index in [9.17, 15) is 4.79 Å². The number of hydrogen-bond donors (Lipinski definition) is 1. The van der Waals surface area contributed by atoms with Crippen molar-refractivity contribution >= 4 is 23.6 Å². The van der Waals surface area contributed by atoms with Crippen LogP contribution in [0.5, 0.6) is 0 Å². The quantitative estimate of drug-likeness (QED) is 0.541. The van der Waals surface area contributed by atoms with Crippen LogP contribution in [0.25, 0.3) is 0 Å². The molecular weight excluding hydrogens is 314 g/mol. The van der Waals surface area contributed by atoms with Gasteiger partial charge in [0.05, 0.1) is 19.0 Å². The van der Waals surface area contributed by atoms with Gasteiger partial charge in [0.2, 0.25) is 11.9 Å². The number of amides is 1. The molecule has 0 bridgehead atoms. The Balaban J connectivity index is 1.73. The molecule has 2 rings (SSSR count). The minimum atomic E-state index is 0.0578. The van der Waals surface area contributed by atoms with Gasteiger partial charge in [-0.1, -0.05) is 37.9 Å². The van der Waals surface area contributed by atoms with Crippen LogP contribution in [-0.2, 0) is 16.6 Å². The molecule has 1 fully saturated rings. The Morgan fingerprint density at radius 1 is 1.26 bits per heavy atom. The van der Waals surface area contributed by atoms with E-state index in [-0.39, 0.29) is 5.91 Å². The van der Waals surface area contributed by atoms with Gasteiger partial charge in [-0.05, 0) is 6.42 Å². The van der Waals surface area contributed by atoms with Crippen LogP contribution in [0.2, 0.25) is 0 Å². The van der Waals surface area contributed by atoms with E-state index in [1.165, 1.54) is 31.0 Å². The average Bonchev–Trinajstić information content (AvgIpc) is 2.94. The standard InChI is InChI=1S/C15H27N5O2S/c1-3-4-5-6-7-16-13(21)12-23-15-18-17-14(19(15)2)20-8-10-22-11-9-20/h3-12H2,1-2H3,(H,16,21). The van der Waals surface area contributed by atoms with E-state index in [0.717, 1.165) is 50.4 Å². The minimum Gasteiger partial charge on any atom is -0.378 e. The lowest BCUT2D eigenvalue weighted by Crippen LogP contribution is -2.37. The lowest BCUT2D eigenvalue weighted by atomic mass is 10.2. The number of nitrogens with zero attached hydrogens (tertiary/aromatic N) is 4. The summed E-state index contributed by atoms with van der Waals surface area (Å²) in [6.07, 6.45) is 4.67. The number of morpholine rings is 1. The summed E-state index contributed by atoms with van der Waals surface area (Å²) in [5.74, 6) is 1.28. The molecule has 8 heteroatoms. The number of ether oxygens (including phenoxy) is 1. The highest BCUT2D eigenvalue weighted by Crippen LogP contribution is 2.20. The Hall–Kier alpha value is -1.28. The highest BCUT2D eigenvalue weighted by molar-refractivity contribution is 7.99. The van der Waals surface area contributed by atoms with Crippen LogP contribution in [0, 0.1) is 0 Å². The van der Waals surface area contributed by atoms with E-state index in [4.69, 9.17) is 4.74 Å². The van der Waals surface area contributed by atoms with Crippen LogP contribution in [0.15, 0.2) is 5.16 Å². The van der Waals surface area contributed by atoms with E-state index >= 15 is 0 Å². The Morgan fingerprint density at radius 2 is 2.04 bits per heavy atom. The molecule has 1 aliphatic heterocycles. The molecule has 0 radical (unpaired) electrons. The van der Waals surface area contributed by atoms with Gasteiger partial charge in [0.1, 0.15) is 0 Å². The largest absolute Gasteiger partial charge is 0.378 e. The highest BCUT2D eigenvalue weighted by Gasteiger charge is 2.18. The molecule has 0 spiro atoms. The number of unbranched alkanes of at least 4 members (excludes halogenated alkanes) is 3. The monoisotopic (exact) mass is 341 g/mol. The average molecular weight is 341 g/mol. The first-order valence-corrected chi connectivity index (χ1v) is 9.32. The molecule has 0 saturated carbocycles. The van der Waals surface area contributed by atoms with Crippen molar-refractivity contribution in [3.8, 4) is 0 Å². The zero-order valence-corrected chi connectivity index (χ0v) is 14.9. The fraction of sp³-hybridized carbons (Fsp3) is 0.800. The summed E-state index contributed by atoms with van der Waals surface area (Å²) >= 11 is 1.43. The number of thioether (sulfide) groups is 1. The summed E-state index contributed by atoms with van der Waals surface area (Å²) in [6, 6.07) is 0. The van der Waals surface area contributed by atoms with Crippen LogP contribution in [-0.4, -0.2) is 59.3 Å². The van der Waals surface area contributed by atoms with E-state index in [1.54, 1.807) is 0 Å². The molecule has 7 nitrogen and oxygen atoms in total. The maximum atomic E-state index is 11.9. The maximum absolute atomic E-state index is 11.9. The second kappa shape index (κ2) is 9.77. The number of nitrogens with one attached hydrogen (secondary N) is 1. The van der Waals surface area contributed by atoms with Gasteiger partial charge in [-0.25, -0.2) is 0 Å². The summed E-state index contributed by atoms with van der Waals surface area (Å²) < 4.78 is 7.30. The van der Waals surface area contributed by atoms with Gasteiger partial charge >= 0.3 is 0 Å². The number of aromatic nitrogens is 3. The highest BCUT2D eigenvalue weighted by atomic mass is 32.2. The predicted molar refractivity (Wildman–Crippen MR) is 91.9 cm³/mol. The van der Waals surface area contributed by atoms with Crippen molar-refractivity contribution in [3.63, 3.8) is 0 Å². The SMILES string of the molecule is CCCCCCNC(=O)CSc1nnc(N2CCOCC2)n1C. The van der Waals surface area contributed by atoms with Crippen LogP contribution < -0.4 is 10.2 Å². The zero-order chi connectivity index (χ0) is 16.5. The van der Waals surface area contributed by atoms with Crippen molar-refractivity contribution in [3.05, 3.63) is 0 Å². The van der Waals surface area contributed by atoms with Gasteiger partial charge in [0.15, 0.2) is 5.16 Å². The van der Waals surface area contributed by atoms with Gasteiger partial charge < -0.3 is 15.0 Å². The summed E-state index contributed by atoms with van der Waals surface area (Å²) in [5.41, 5.74) is 0. The molecule has 23 heavy (non-hydrogen) atoms. The maximum Gasteiger partial charge on any atom is 0.230 e. The minimum absolute atomic E-state index is 0.0578. The first-order chi connectivity index (χ1) is 11.2. The molecule has 1 aliphatic rings. The number of carbonyl (C=O) groups excluding carboxylic acids is 1. The first-order valence-electron chi connectivity index (χ1n) is 8.34. The number of hydrogen-bond acceptors (Lipinski definition) is 6. The normalized spacial score (nSPS) is 15.0. The second-order valence-corrected chi connectivity index (χ2v) is 6.58. The third-order valence-electron chi connectivity index (χ3n) is 3.79. The van der Waals surface area contributed by atoms with E-state index < -0.39 is 0 Å². The van der Waals surface area contributed by atoms with Crippen molar-refractivity contribution in [1.29, 1.82) is 0 Å². The molecular formula is C15H27N5O2S. The smallest absolute Gasteiger partial charge is 0.230 e. The summed E-state index contributed by atoms with van der Waals surface area (Å²) in [4.78, 5) is 14.0. The summed E-state index contributed by atoms with van der Waals surface area (Å²) in [6.45, 7) is 6.04. The van der Waals surface area contributed by atoms with Crippen LogP contribution in [0.4, 0.5) is 5.95 Å². The van der Waals surface area contributed by atoms with Gasteiger partial charge in [-0.15, -0.1) is 10.2 Å². The fourth-order valence-corrected chi connectivity index (χ4v) is 3.17. The Labute approximate surface area is 142 Å². The molecule has 1 amide bonds. The number of carbonyl (C=O) groups is 1. The Kier molecular flexibility index (Phi) is 7.67. The fourth-order valence-electron chi connectivity index (χ4n) is 2.43. The van der Waals surface area contributed by atoms with E-state index in [2.05, 4.69) is 27.3 Å². The van der Waals surface area contributed by atoms with Crippen LogP contribution >= 0.6 is 11.8 Å². The lowest BCUT2D eigenvalue weighted by Gasteiger charge is -2.27.